The van der Waals surface area contributed by atoms with Crippen molar-refractivity contribution >= 4 is 46.0 Å². The summed E-state index contributed by atoms with van der Waals surface area (Å²) >= 11 is 3.82. The maximum atomic E-state index is 12.6. The fraction of sp³-hybridized carbons (Fsp3) is 0.235. The minimum atomic E-state index is -0.776. The first-order valence-corrected chi connectivity index (χ1v) is 8.96. The highest BCUT2D eigenvalue weighted by Gasteiger charge is 2.42. The Labute approximate surface area is 151 Å². The van der Waals surface area contributed by atoms with Crippen LogP contribution in [0.1, 0.15) is 27.2 Å². The molecule has 1 aromatic carbocycles. The number of hydrogen-bond donors (Lipinski definition) is 1. The van der Waals surface area contributed by atoms with Crippen molar-refractivity contribution in [3.8, 4) is 5.75 Å². The molecule has 0 spiro atoms. The van der Waals surface area contributed by atoms with Gasteiger partial charge in [0.05, 0.1) is 21.0 Å². The zero-order valence-electron chi connectivity index (χ0n) is 12.3. The molecule has 0 radical (unpaired) electrons. The lowest BCUT2D eigenvalue weighted by Gasteiger charge is -2.26. The van der Waals surface area contributed by atoms with E-state index in [0.717, 1.165) is 13.3 Å². The van der Waals surface area contributed by atoms with Gasteiger partial charge in [-0.15, -0.1) is 11.3 Å². The van der Waals surface area contributed by atoms with E-state index in [1.807, 2.05) is 12.1 Å². The summed E-state index contributed by atoms with van der Waals surface area (Å²) < 4.78 is 12.4. The van der Waals surface area contributed by atoms with E-state index < -0.39 is 11.6 Å². The number of esters is 1. The Kier molecular flexibility index (Phi) is 4.74. The van der Waals surface area contributed by atoms with Crippen molar-refractivity contribution in [2.45, 2.75) is 12.0 Å². The van der Waals surface area contributed by atoms with Gasteiger partial charge in [0.2, 0.25) is 0 Å². The smallest absolute Gasteiger partial charge is 0.342 e. The number of benzene rings is 1. The Morgan fingerprint density at radius 2 is 2.26 bits per heavy atom. The highest BCUT2D eigenvalue weighted by atomic mass is 127. The van der Waals surface area contributed by atoms with Gasteiger partial charge in [-0.1, -0.05) is 18.7 Å². The molecule has 0 bridgehead atoms. The van der Waals surface area contributed by atoms with Crippen molar-refractivity contribution in [2.75, 3.05) is 13.2 Å². The van der Waals surface area contributed by atoms with Gasteiger partial charge in [-0.3, -0.25) is 0 Å². The van der Waals surface area contributed by atoms with Crippen LogP contribution in [-0.2, 0) is 15.1 Å². The van der Waals surface area contributed by atoms with Gasteiger partial charge in [0.1, 0.15) is 11.3 Å². The fourth-order valence-corrected chi connectivity index (χ4v) is 4.27. The third kappa shape index (κ3) is 3.29. The molecule has 120 valence electrons. The van der Waals surface area contributed by atoms with Gasteiger partial charge < -0.3 is 14.6 Å². The van der Waals surface area contributed by atoms with Crippen LogP contribution in [-0.4, -0.2) is 24.3 Å². The summed E-state index contributed by atoms with van der Waals surface area (Å²) in [6.07, 6.45) is 2.23. The zero-order valence-corrected chi connectivity index (χ0v) is 15.2. The molecular formula is C17H15IO4S. The predicted octanol–water partition coefficient (Wildman–Crippen LogP) is 4.17. The number of hydrogen-bond acceptors (Lipinski definition) is 5. The number of ether oxygens (including phenoxy) is 2. The van der Waals surface area contributed by atoms with Gasteiger partial charge in [-0.25, -0.2) is 4.79 Å². The van der Waals surface area contributed by atoms with Crippen molar-refractivity contribution < 1.29 is 19.4 Å². The van der Waals surface area contributed by atoms with E-state index in [0.29, 0.717) is 19.6 Å². The summed E-state index contributed by atoms with van der Waals surface area (Å²) in [5.41, 5.74) is 0.110. The summed E-state index contributed by atoms with van der Waals surface area (Å²) in [6, 6.07) is 8.69. The van der Waals surface area contributed by atoms with Crippen molar-refractivity contribution in [3.05, 3.63) is 55.8 Å². The molecule has 23 heavy (non-hydrogen) atoms. The third-order valence-corrected chi connectivity index (χ3v) is 5.85. The van der Waals surface area contributed by atoms with Gasteiger partial charge in [0, 0.05) is 6.42 Å². The van der Waals surface area contributed by atoms with E-state index in [1.54, 1.807) is 29.5 Å². The molecule has 1 fully saturated rings. The van der Waals surface area contributed by atoms with Gasteiger partial charge >= 0.3 is 5.97 Å². The Balaban J connectivity index is 1.92. The number of carbonyl (C=O) groups is 1. The van der Waals surface area contributed by atoms with Crippen LogP contribution >= 0.6 is 33.9 Å². The molecule has 1 unspecified atom stereocenters. The van der Waals surface area contributed by atoms with Crippen molar-refractivity contribution in [1.82, 2.24) is 0 Å². The largest absolute Gasteiger partial charge is 0.507 e. The number of phenols is 1. The second-order valence-corrected chi connectivity index (χ2v) is 8.25. The summed E-state index contributed by atoms with van der Waals surface area (Å²) in [5.74, 6) is -0.657. The van der Waals surface area contributed by atoms with Crippen LogP contribution in [0.4, 0.5) is 0 Å². The molecule has 4 nitrogen and oxygen atoms in total. The summed E-state index contributed by atoms with van der Waals surface area (Å²) in [5, 5.41) is 9.97. The summed E-state index contributed by atoms with van der Waals surface area (Å²) in [4.78, 5) is 13.6. The molecule has 1 aliphatic rings. The number of thiophene rings is 1. The number of phenolic OH excluding ortho intramolecular Hbond substituents is 1. The SMILES string of the molecule is C=Cc1ccc(O)c(C(=O)OC2(c3ccc(I)s3)CCOC2)c1. The molecule has 6 heteroatoms. The van der Waals surface area contributed by atoms with Crippen molar-refractivity contribution in [3.63, 3.8) is 0 Å². The number of halogens is 1. The van der Waals surface area contributed by atoms with Crippen LogP contribution in [0, 0.1) is 2.88 Å². The van der Waals surface area contributed by atoms with E-state index >= 15 is 0 Å². The fourth-order valence-electron chi connectivity index (χ4n) is 2.51. The van der Waals surface area contributed by atoms with Gasteiger partial charge in [-0.05, 0) is 52.4 Å². The number of carbonyl (C=O) groups excluding carboxylic acids is 1. The molecular weight excluding hydrogens is 427 g/mol. The second-order valence-electron chi connectivity index (χ2n) is 5.27. The topological polar surface area (TPSA) is 55.8 Å². The van der Waals surface area contributed by atoms with Crippen LogP contribution in [0.15, 0.2) is 36.9 Å². The quantitative estimate of drug-likeness (QED) is 0.571. The van der Waals surface area contributed by atoms with E-state index in [1.165, 1.54) is 6.07 Å². The van der Waals surface area contributed by atoms with E-state index in [2.05, 4.69) is 29.2 Å². The second kappa shape index (κ2) is 6.62. The van der Waals surface area contributed by atoms with E-state index in [4.69, 9.17) is 9.47 Å². The van der Waals surface area contributed by atoms with Crippen LogP contribution < -0.4 is 0 Å². The highest BCUT2D eigenvalue weighted by Crippen LogP contribution is 2.40. The molecule has 2 aromatic rings. The van der Waals surface area contributed by atoms with Gasteiger partial charge in [0.15, 0.2) is 5.60 Å². The average molecular weight is 442 g/mol. The molecule has 1 aromatic heterocycles. The Morgan fingerprint density at radius 3 is 2.87 bits per heavy atom. The molecule has 0 saturated carbocycles. The molecule has 1 aliphatic heterocycles. The first-order chi connectivity index (χ1) is 11.0. The highest BCUT2D eigenvalue weighted by molar-refractivity contribution is 14.1. The summed E-state index contributed by atoms with van der Waals surface area (Å²) in [7, 11) is 0. The van der Waals surface area contributed by atoms with Crippen LogP contribution in [0.2, 0.25) is 0 Å². The number of rotatable bonds is 4. The Hall–Kier alpha value is -1.38. The minimum Gasteiger partial charge on any atom is -0.507 e. The van der Waals surface area contributed by atoms with Crippen molar-refractivity contribution in [1.29, 1.82) is 0 Å². The zero-order chi connectivity index (χ0) is 16.4. The van der Waals surface area contributed by atoms with Crippen LogP contribution in [0.25, 0.3) is 6.08 Å². The number of aromatic hydroxyl groups is 1. The van der Waals surface area contributed by atoms with Crippen LogP contribution in [0.3, 0.4) is 0 Å². The molecule has 1 atom stereocenters. The monoisotopic (exact) mass is 442 g/mol. The molecule has 0 amide bonds. The molecule has 3 rings (SSSR count). The molecule has 1 N–H and O–H groups in total. The lowest BCUT2D eigenvalue weighted by atomic mass is 10.0. The lowest BCUT2D eigenvalue weighted by molar-refractivity contribution is -0.0242. The molecule has 2 heterocycles. The predicted molar refractivity (Wildman–Crippen MR) is 97.8 cm³/mol. The lowest BCUT2D eigenvalue weighted by Crippen LogP contribution is -2.32. The first-order valence-electron chi connectivity index (χ1n) is 7.06. The Morgan fingerprint density at radius 1 is 1.43 bits per heavy atom. The summed E-state index contributed by atoms with van der Waals surface area (Å²) in [6.45, 7) is 4.55. The maximum Gasteiger partial charge on any atom is 0.342 e. The molecule has 1 saturated heterocycles. The normalized spacial score (nSPS) is 20.4. The first kappa shape index (κ1) is 16.5. The molecule has 0 aliphatic carbocycles. The third-order valence-electron chi connectivity index (χ3n) is 3.77. The minimum absolute atomic E-state index is 0.101. The van der Waals surface area contributed by atoms with Crippen molar-refractivity contribution in [2.24, 2.45) is 0 Å². The standard InChI is InChI=1S/C17H15IO4S/c1-2-11-3-4-13(19)12(9-11)16(20)22-17(7-8-21-10-17)14-5-6-15(18)23-14/h2-6,9,19H,1,7-8,10H2. The van der Waals surface area contributed by atoms with Crippen LogP contribution in [0.5, 0.6) is 5.75 Å². The maximum absolute atomic E-state index is 12.6. The Bertz CT molecular complexity index is 747. The van der Waals surface area contributed by atoms with Gasteiger partial charge in [-0.2, -0.15) is 0 Å². The van der Waals surface area contributed by atoms with E-state index in [-0.39, 0.29) is 11.3 Å². The average Bonchev–Trinajstić information content (AvgIpc) is 3.17. The van der Waals surface area contributed by atoms with Gasteiger partial charge in [0.25, 0.3) is 0 Å². The van der Waals surface area contributed by atoms with E-state index in [9.17, 15) is 9.90 Å².